The van der Waals surface area contributed by atoms with E-state index in [1.165, 1.54) is 0 Å². The van der Waals surface area contributed by atoms with Gasteiger partial charge in [0.1, 0.15) is 0 Å². The molecule has 0 N–H and O–H groups in total. The van der Waals surface area contributed by atoms with E-state index in [0.717, 1.165) is 0 Å². The molecule has 0 aliphatic heterocycles. The Morgan fingerprint density at radius 1 is 0.375 bits per heavy atom. The van der Waals surface area contributed by atoms with Crippen molar-refractivity contribution in [1.29, 1.82) is 31.6 Å². The fourth-order valence-corrected chi connectivity index (χ4v) is 0. The van der Waals surface area contributed by atoms with Gasteiger partial charge in [-0.2, -0.15) is 0 Å². The van der Waals surface area contributed by atoms with Gasteiger partial charge >= 0.3 is 92.7 Å². The molecule has 0 saturated heterocycles. The first-order valence-electron chi connectivity index (χ1n) is 1.34. The summed E-state index contributed by atoms with van der Waals surface area (Å²) in [6.45, 7) is 28.5. The van der Waals surface area contributed by atoms with Crippen molar-refractivity contribution in [2.75, 3.05) is 0 Å². The smallest absolute Gasteiger partial charge is 0.512 e. The van der Waals surface area contributed by atoms with Gasteiger partial charge in [-0.1, -0.05) is 0 Å². The van der Waals surface area contributed by atoms with Gasteiger partial charge in [-0.05, 0) is 0 Å². The van der Waals surface area contributed by atoms with Crippen LogP contribution in [0.15, 0.2) is 0 Å². The number of hydrogen-bond acceptors (Lipinski definition) is 6. The Morgan fingerprint density at radius 2 is 0.375 bits per heavy atom. The summed E-state index contributed by atoms with van der Waals surface area (Å²) in [5.74, 6) is 0. The molecule has 0 atom stereocenters. The van der Waals surface area contributed by atoms with Gasteiger partial charge in [0.25, 0.3) is 0 Å². The van der Waals surface area contributed by atoms with Crippen LogP contribution in [-0.4, -0.2) is 0 Å². The number of nitrogens with zero attached hydrogens (tertiary/aromatic N) is 6. The van der Waals surface area contributed by atoms with Gasteiger partial charge in [0.05, 0.1) is 0 Å². The molecule has 16 heavy (non-hydrogen) atoms. The van der Waals surface area contributed by atoms with Crippen molar-refractivity contribution < 1.29 is 92.7 Å². The fourth-order valence-electron chi connectivity index (χ4n) is 0. The summed E-state index contributed by atoms with van der Waals surface area (Å²) in [6.07, 6.45) is 0. The molecule has 0 saturated carbocycles. The maximum atomic E-state index is 6.25. The van der Waals surface area contributed by atoms with E-state index in [2.05, 4.69) is 0 Å². The molecule has 6 nitrogen and oxygen atoms in total. The second-order valence-electron chi connectivity index (χ2n) is 0. The maximum absolute atomic E-state index is 6.25. The largest absolute Gasteiger partial charge is 2.00 e. The zero-order valence-electron chi connectivity index (χ0n) is 8.35. The molecule has 10 heteroatoms. The molecule has 0 aliphatic carbocycles. The van der Waals surface area contributed by atoms with Gasteiger partial charge in [-0.25, -0.2) is 0 Å². The van der Waals surface area contributed by atoms with Gasteiger partial charge in [0.2, 0.25) is 0 Å². The van der Waals surface area contributed by atoms with Crippen LogP contribution in [-0.2, 0) is 33.6 Å². The summed E-state index contributed by atoms with van der Waals surface area (Å²) in [6, 6.07) is 0. The predicted molar refractivity (Wildman–Crippen MR) is 29.8 cm³/mol. The predicted octanol–water partition coefficient (Wildman–Crippen LogP) is -5.42. The fraction of sp³-hybridized carbons (Fsp3) is 0. The monoisotopic (exact) mass is 316 g/mol. The van der Waals surface area contributed by atoms with Gasteiger partial charge in [0, 0.05) is 0 Å². The first kappa shape index (κ1) is 101. The molecule has 0 aromatic rings. The van der Waals surface area contributed by atoms with Crippen LogP contribution in [0.2, 0.25) is 0 Å². The molecule has 0 unspecified atom stereocenters. The Morgan fingerprint density at radius 3 is 0.375 bits per heavy atom. The van der Waals surface area contributed by atoms with Crippen molar-refractivity contribution in [1.82, 2.24) is 0 Å². The van der Waals surface area contributed by atoms with E-state index in [9.17, 15) is 0 Å². The SMILES string of the molecule is [C-]#N.[C-]#N.[C-]#N.[C-]#N.[C-]#N.[C-]#N.[Fe+2].[Na+].[Na+].[Ni+2]. The van der Waals surface area contributed by atoms with Crippen LogP contribution >= 0.6 is 0 Å². The summed E-state index contributed by atoms with van der Waals surface area (Å²) in [5.41, 5.74) is 0. The first-order chi connectivity index (χ1) is 6.00. The average molecular weight is 317 g/mol. The van der Waals surface area contributed by atoms with E-state index in [1.807, 2.05) is 0 Å². The maximum Gasteiger partial charge on any atom is 2.00 e. The first-order valence-corrected chi connectivity index (χ1v) is 1.34. The van der Waals surface area contributed by atoms with E-state index in [4.69, 9.17) is 71.0 Å². The molecule has 0 heterocycles. The van der Waals surface area contributed by atoms with Gasteiger partial charge < -0.3 is 71.0 Å². The Labute approximate surface area is 161 Å². The molecule has 0 radical (unpaired) electrons. The van der Waals surface area contributed by atoms with Crippen molar-refractivity contribution in [3.05, 3.63) is 39.4 Å². The van der Waals surface area contributed by atoms with Crippen LogP contribution in [0.4, 0.5) is 0 Å². The molecule has 0 rings (SSSR count). The van der Waals surface area contributed by atoms with E-state index < -0.39 is 0 Å². The Balaban J connectivity index is -0.00000000321. The standard InChI is InChI=1S/6CN.Fe.2Na.Ni/c6*1-2;;;;/q6*-1;+2;2*+1;+2. The summed E-state index contributed by atoms with van der Waals surface area (Å²) < 4.78 is 0. The Hall–Kier alpha value is -0.0470. The molecule has 74 valence electrons. The summed E-state index contributed by atoms with van der Waals surface area (Å²) in [4.78, 5) is 0. The summed E-state index contributed by atoms with van der Waals surface area (Å²) in [5, 5.41) is 37.5. The van der Waals surface area contributed by atoms with Crippen molar-refractivity contribution in [3.8, 4) is 0 Å². The number of rotatable bonds is 0. The van der Waals surface area contributed by atoms with E-state index in [1.54, 1.807) is 0 Å². The van der Waals surface area contributed by atoms with Crippen LogP contribution in [0.25, 0.3) is 0 Å². The van der Waals surface area contributed by atoms with Crippen LogP contribution < -0.4 is 59.1 Å². The van der Waals surface area contributed by atoms with Crippen LogP contribution in [0.3, 0.4) is 0 Å². The average Bonchev–Trinajstić information content (AvgIpc) is 2.33. The third-order valence-corrected chi connectivity index (χ3v) is 0. The Bertz CT molecular complexity index is 106. The minimum Gasteiger partial charge on any atom is -0.512 e. The molecule has 0 aromatic carbocycles. The van der Waals surface area contributed by atoms with Crippen molar-refractivity contribution in [2.45, 2.75) is 0 Å². The third-order valence-electron chi connectivity index (χ3n) is 0. The zero-order chi connectivity index (χ0) is 12.0. The van der Waals surface area contributed by atoms with Crippen molar-refractivity contribution >= 4 is 0 Å². The summed E-state index contributed by atoms with van der Waals surface area (Å²) >= 11 is 0. The molecule has 0 spiro atoms. The molecular weight excluding hydrogens is 317 g/mol. The van der Waals surface area contributed by atoms with Crippen LogP contribution in [0.5, 0.6) is 0 Å². The van der Waals surface area contributed by atoms with Crippen LogP contribution in [0, 0.1) is 71.0 Å². The third kappa shape index (κ3) is 1060000. The minimum atomic E-state index is 0. The second-order valence-corrected chi connectivity index (χ2v) is 0. The minimum absolute atomic E-state index is 0. The van der Waals surface area contributed by atoms with Crippen LogP contribution in [0.1, 0.15) is 0 Å². The molecule has 0 fully saturated rings. The second kappa shape index (κ2) is 1320000. The van der Waals surface area contributed by atoms with Gasteiger partial charge in [-0.15, -0.1) is 0 Å². The topological polar surface area (TPSA) is 143 Å². The normalized spacial score (nSPS) is 0.750. The molecule has 0 aromatic heterocycles. The van der Waals surface area contributed by atoms with Gasteiger partial charge in [0.15, 0.2) is 0 Å². The van der Waals surface area contributed by atoms with E-state index in [-0.39, 0.29) is 92.7 Å². The van der Waals surface area contributed by atoms with E-state index >= 15 is 0 Å². The zero-order valence-corrected chi connectivity index (χ0v) is 14.4. The quantitative estimate of drug-likeness (QED) is 0.322. The number of hydrogen-bond donors (Lipinski definition) is 0. The molecule has 0 bridgehead atoms. The van der Waals surface area contributed by atoms with E-state index in [0.29, 0.717) is 0 Å². The molecular formula is C6FeN6Na2Ni. The molecule has 0 aliphatic rings. The molecule has 0 amide bonds. The van der Waals surface area contributed by atoms with Gasteiger partial charge in [-0.3, -0.25) is 0 Å². The summed E-state index contributed by atoms with van der Waals surface area (Å²) in [7, 11) is 0. The van der Waals surface area contributed by atoms with Crippen molar-refractivity contribution in [2.24, 2.45) is 0 Å². The van der Waals surface area contributed by atoms with Crippen molar-refractivity contribution in [3.63, 3.8) is 0 Å². The Kier molecular flexibility index (Phi) is 8290000.